The molecule has 0 radical (unpaired) electrons. The van der Waals surface area contributed by atoms with Crippen LogP contribution in [0.3, 0.4) is 0 Å². The Kier molecular flexibility index (Phi) is 4.12. The van der Waals surface area contributed by atoms with Crippen LogP contribution in [0.15, 0.2) is 52.1 Å². The van der Waals surface area contributed by atoms with Crippen molar-refractivity contribution >= 4 is 38.5 Å². The van der Waals surface area contributed by atoms with Crippen LogP contribution in [0.2, 0.25) is 0 Å². The quantitative estimate of drug-likeness (QED) is 0.534. The van der Waals surface area contributed by atoms with Crippen molar-refractivity contribution in [3.8, 4) is 0 Å². The molecule has 1 atom stereocenters. The van der Waals surface area contributed by atoms with E-state index in [4.69, 9.17) is 0 Å². The zero-order valence-electron chi connectivity index (χ0n) is 14.6. The van der Waals surface area contributed by atoms with Gasteiger partial charge in [0.05, 0.1) is 27.3 Å². The Labute approximate surface area is 157 Å². The first kappa shape index (κ1) is 17.2. The van der Waals surface area contributed by atoms with Gasteiger partial charge in [-0.3, -0.25) is 14.4 Å². The molecule has 0 aliphatic heterocycles. The number of carbonyl (C=O) groups excluding carboxylic acids is 1. The van der Waals surface area contributed by atoms with Gasteiger partial charge >= 0.3 is 11.1 Å². The van der Waals surface area contributed by atoms with Gasteiger partial charge in [0.2, 0.25) is 0 Å². The molecular weight excluding hydrogens is 364 g/mol. The molecule has 0 aliphatic carbocycles. The molecule has 8 heteroatoms. The van der Waals surface area contributed by atoms with Crippen LogP contribution >= 0.6 is 11.3 Å². The Morgan fingerprint density at radius 3 is 2.52 bits per heavy atom. The van der Waals surface area contributed by atoms with E-state index in [0.29, 0.717) is 16.6 Å². The second-order valence-electron chi connectivity index (χ2n) is 6.28. The number of aromatic amines is 2. The van der Waals surface area contributed by atoms with Crippen LogP contribution in [-0.4, -0.2) is 32.8 Å². The lowest BCUT2D eigenvalue weighted by Crippen LogP contribution is -2.30. The molecule has 0 bridgehead atoms. The molecule has 2 aromatic carbocycles. The summed E-state index contributed by atoms with van der Waals surface area (Å²) in [7, 11) is 1.72. The van der Waals surface area contributed by atoms with Crippen LogP contribution in [0.4, 0.5) is 0 Å². The standard InChI is InChI=1S/C19H16N4O3S/c1-10(18-22-13-5-3-4-6-15(13)27-18)23(2)19(26)11-7-8-12-14(9-11)21-17(25)16(24)20-12/h3-10H,1-2H3,(H,20,24)(H,21,25)/t10-/m0/s1. The number of para-hydroxylation sites is 1. The van der Waals surface area contributed by atoms with Crippen molar-refractivity contribution in [2.75, 3.05) is 7.05 Å². The first-order valence-corrected chi connectivity index (χ1v) is 9.14. The average molecular weight is 380 g/mol. The van der Waals surface area contributed by atoms with Crippen LogP contribution < -0.4 is 11.1 Å². The number of H-pyrrole nitrogens is 2. The van der Waals surface area contributed by atoms with Gasteiger partial charge in [-0.1, -0.05) is 12.1 Å². The van der Waals surface area contributed by atoms with E-state index < -0.39 is 11.1 Å². The third-order valence-corrected chi connectivity index (χ3v) is 5.74. The molecule has 0 spiro atoms. The zero-order chi connectivity index (χ0) is 19.1. The van der Waals surface area contributed by atoms with Crippen LogP contribution in [0.25, 0.3) is 21.3 Å². The number of thiazole rings is 1. The van der Waals surface area contributed by atoms with E-state index in [-0.39, 0.29) is 11.9 Å². The number of aromatic nitrogens is 3. The molecule has 7 nitrogen and oxygen atoms in total. The molecule has 0 unspecified atom stereocenters. The van der Waals surface area contributed by atoms with Crippen LogP contribution in [-0.2, 0) is 0 Å². The molecule has 2 heterocycles. The fraction of sp³-hybridized carbons (Fsp3) is 0.158. The number of fused-ring (bicyclic) bond motifs is 2. The molecular formula is C19H16N4O3S. The minimum Gasteiger partial charge on any atom is -0.333 e. The third kappa shape index (κ3) is 3.04. The number of rotatable bonds is 3. The van der Waals surface area contributed by atoms with Gasteiger partial charge in [0.25, 0.3) is 5.91 Å². The number of nitrogens with zero attached hydrogens (tertiary/aromatic N) is 2. The predicted molar refractivity (Wildman–Crippen MR) is 105 cm³/mol. The van der Waals surface area contributed by atoms with E-state index in [1.807, 2.05) is 31.2 Å². The zero-order valence-corrected chi connectivity index (χ0v) is 15.5. The molecule has 1 amide bonds. The van der Waals surface area contributed by atoms with Gasteiger partial charge < -0.3 is 14.9 Å². The molecule has 136 valence electrons. The molecule has 4 rings (SSSR count). The summed E-state index contributed by atoms with van der Waals surface area (Å²) in [5.74, 6) is -0.198. The summed E-state index contributed by atoms with van der Waals surface area (Å²) in [6.45, 7) is 1.93. The number of hydrogen-bond donors (Lipinski definition) is 2. The van der Waals surface area contributed by atoms with E-state index in [2.05, 4.69) is 15.0 Å². The highest BCUT2D eigenvalue weighted by molar-refractivity contribution is 7.18. The van der Waals surface area contributed by atoms with Crippen molar-refractivity contribution in [2.24, 2.45) is 0 Å². The number of nitrogens with one attached hydrogen (secondary N) is 2. The van der Waals surface area contributed by atoms with Gasteiger partial charge in [0, 0.05) is 12.6 Å². The molecule has 2 aromatic heterocycles. The van der Waals surface area contributed by atoms with Crippen molar-refractivity contribution in [2.45, 2.75) is 13.0 Å². The van der Waals surface area contributed by atoms with Gasteiger partial charge in [-0.05, 0) is 37.3 Å². The first-order chi connectivity index (χ1) is 12.9. The maximum atomic E-state index is 12.9. The summed E-state index contributed by atoms with van der Waals surface area (Å²) >= 11 is 1.56. The molecule has 0 saturated carbocycles. The monoisotopic (exact) mass is 380 g/mol. The van der Waals surface area contributed by atoms with Crippen molar-refractivity contribution < 1.29 is 4.79 Å². The summed E-state index contributed by atoms with van der Waals surface area (Å²) < 4.78 is 1.08. The second kappa shape index (κ2) is 6.48. The summed E-state index contributed by atoms with van der Waals surface area (Å²) in [4.78, 5) is 47.0. The summed E-state index contributed by atoms with van der Waals surface area (Å²) in [5.41, 5.74) is 0.744. The SMILES string of the molecule is C[C@@H](c1nc2ccccc2s1)N(C)C(=O)c1ccc2[nH]c(=O)c(=O)[nH]c2c1. The van der Waals surface area contributed by atoms with Crippen molar-refractivity contribution in [1.29, 1.82) is 0 Å². The predicted octanol–water partition coefficient (Wildman–Crippen LogP) is 2.66. The number of benzene rings is 2. The van der Waals surface area contributed by atoms with Crippen molar-refractivity contribution in [1.82, 2.24) is 19.9 Å². The maximum absolute atomic E-state index is 12.9. The minimum absolute atomic E-state index is 0.198. The largest absolute Gasteiger partial charge is 0.333 e. The van der Waals surface area contributed by atoms with E-state index in [9.17, 15) is 14.4 Å². The highest BCUT2D eigenvalue weighted by Gasteiger charge is 2.22. The maximum Gasteiger partial charge on any atom is 0.314 e. The van der Waals surface area contributed by atoms with Crippen molar-refractivity contribution in [3.05, 3.63) is 73.7 Å². The summed E-state index contributed by atoms with van der Waals surface area (Å²) in [5, 5.41) is 0.852. The van der Waals surface area contributed by atoms with E-state index in [1.165, 1.54) is 0 Å². The van der Waals surface area contributed by atoms with E-state index in [0.717, 1.165) is 15.2 Å². The highest BCUT2D eigenvalue weighted by atomic mass is 32.1. The topological polar surface area (TPSA) is 98.9 Å². The molecule has 2 N–H and O–H groups in total. The number of amides is 1. The van der Waals surface area contributed by atoms with Crippen LogP contribution in [0.1, 0.15) is 28.3 Å². The van der Waals surface area contributed by atoms with Crippen molar-refractivity contribution in [3.63, 3.8) is 0 Å². The molecule has 4 aromatic rings. The van der Waals surface area contributed by atoms with E-state index in [1.54, 1.807) is 41.5 Å². The number of hydrogen-bond acceptors (Lipinski definition) is 5. The fourth-order valence-electron chi connectivity index (χ4n) is 2.86. The Bertz CT molecular complexity index is 1250. The fourth-order valence-corrected chi connectivity index (χ4v) is 3.92. The summed E-state index contributed by atoms with van der Waals surface area (Å²) in [6.07, 6.45) is 0. The van der Waals surface area contributed by atoms with Gasteiger partial charge in [-0.15, -0.1) is 11.3 Å². The summed E-state index contributed by atoms with van der Waals surface area (Å²) in [6, 6.07) is 12.4. The average Bonchev–Trinajstić information content (AvgIpc) is 3.11. The molecule has 0 saturated heterocycles. The van der Waals surface area contributed by atoms with Gasteiger partial charge in [0.1, 0.15) is 5.01 Å². The molecule has 0 fully saturated rings. The van der Waals surface area contributed by atoms with Crippen LogP contribution in [0, 0.1) is 0 Å². The highest BCUT2D eigenvalue weighted by Crippen LogP contribution is 2.29. The third-order valence-electron chi connectivity index (χ3n) is 4.54. The van der Waals surface area contributed by atoms with Gasteiger partial charge in [-0.2, -0.15) is 0 Å². The first-order valence-electron chi connectivity index (χ1n) is 8.33. The second-order valence-corrected chi connectivity index (χ2v) is 7.34. The van der Waals surface area contributed by atoms with E-state index >= 15 is 0 Å². The Morgan fingerprint density at radius 1 is 1.07 bits per heavy atom. The lowest BCUT2D eigenvalue weighted by atomic mass is 10.1. The molecule has 27 heavy (non-hydrogen) atoms. The number of carbonyl (C=O) groups is 1. The van der Waals surface area contributed by atoms with Gasteiger partial charge in [-0.25, -0.2) is 4.98 Å². The normalized spacial score (nSPS) is 12.4. The van der Waals surface area contributed by atoms with Gasteiger partial charge in [0.15, 0.2) is 0 Å². The smallest absolute Gasteiger partial charge is 0.314 e. The lowest BCUT2D eigenvalue weighted by Gasteiger charge is -2.23. The Morgan fingerprint density at radius 2 is 1.78 bits per heavy atom. The Hall–Kier alpha value is -3.26. The molecule has 0 aliphatic rings. The minimum atomic E-state index is -0.747. The Balaban J connectivity index is 1.66. The lowest BCUT2D eigenvalue weighted by molar-refractivity contribution is 0.0742. The van der Waals surface area contributed by atoms with Crippen LogP contribution in [0.5, 0.6) is 0 Å².